The molecule has 1 aromatic carbocycles. The molecule has 6 atom stereocenters. The quantitative estimate of drug-likeness (QED) is 0.502. The Morgan fingerprint density at radius 3 is 1.56 bits per heavy atom. The molecule has 2 amide bonds. The summed E-state index contributed by atoms with van der Waals surface area (Å²) in [5, 5.41) is 5.97. The highest BCUT2D eigenvalue weighted by atomic mass is 16.6. The van der Waals surface area contributed by atoms with Gasteiger partial charge in [0, 0.05) is 38.3 Å². The molecule has 0 spiro atoms. The Kier molecular flexibility index (Phi) is 7.82. The normalized spacial score (nSPS) is 25.6. The molecule has 2 heterocycles. The smallest absolute Gasteiger partial charge is 0.408 e. The predicted octanol–water partition coefficient (Wildman–Crippen LogP) is 3.79. The Hall–Kier alpha value is -2.32. The van der Waals surface area contributed by atoms with Crippen molar-refractivity contribution in [3.63, 3.8) is 0 Å². The van der Waals surface area contributed by atoms with Gasteiger partial charge in [-0.1, -0.05) is 24.3 Å². The van der Waals surface area contributed by atoms with E-state index in [1.807, 2.05) is 65.8 Å². The molecule has 0 saturated carbocycles. The first kappa shape index (κ1) is 26.3. The Morgan fingerprint density at radius 1 is 0.882 bits per heavy atom. The van der Waals surface area contributed by atoms with Crippen LogP contribution < -0.4 is 10.6 Å². The zero-order valence-corrected chi connectivity index (χ0v) is 22.0. The van der Waals surface area contributed by atoms with E-state index in [9.17, 15) is 9.59 Å². The van der Waals surface area contributed by atoms with E-state index in [4.69, 9.17) is 9.47 Å². The molecule has 8 nitrogen and oxygen atoms in total. The first-order valence-electron chi connectivity index (χ1n) is 12.3. The lowest BCUT2D eigenvalue weighted by Gasteiger charge is -2.31. The summed E-state index contributed by atoms with van der Waals surface area (Å²) in [4.78, 5) is 29.6. The highest BCUT2D eigenvalue weighted by Gasteiger charge is 2.33. The molecule has 2 aliphatic rings. The minimum atomic E-state index is -0.652. The van der Waals surface area contributed by atoms with Crippen LogP contribution in [0.5, 0.6) is 0 Å². The predicted molar refractivity (Wildman–Crippen MR) is 133 cm³/mol. The summed E-state index contributed by atoms with van der Waals surface area (Å²) < 4.78 is 11.1. The number of nitrogens with zero attached hydrogens (tertiary/aromatic N) is 2. The number of carbonyl (C=O) groups excluding carboxylic acids is 2. The molecule has 2 saturated heterocycles. The molecule has 0 radical (unpaired) electrons. The van der Waals surface area contributed by atoms with E-state index in [0.29, 0.717) is 12.1 Å². The first-order chi connectivity index (χ1) is 15.8. The largest absolute Gasteiger partial charge is 0.445 e. The molecule has 190 valence electrons. The van der Waals surface area contributed by atoms with Crippen molar-refractivity contribution in [2.24, 2.45) is 0 Å². The maximum Gasteiger partial charge on any atom is 0.408 e. The van der Waals surface area contributed by atoms with Gasteiger partial charge in [-0.2, -0.15) is 0 Å². The standard InChI is InChI=1S/C26H42N4O4/c1-17-13-29(17)15-19(3)33-23(31)27-25(5,6)21-10-9-11-22(12-21)26(7,8)28-24(32)34-20(4)16-30-14-18(30)2/h9-12,17-20H,13-16H2,1-8H3,(H,27,31)(H,28,32). The van der Waals surface area contributed by atoms with Gasteiger partial charge in [0.05, 0.1) is 11.1 Å². The third kappa shape index (κ3) is 7.34. The summed E-state index contributed by atoms with van der Waals surface area (Å²) in [5.74, 6) is 0. The number of benzene rings is 1. The van der Waals surface area contributed by atoms with Gasteiger partial charge in [0.25, 0.3) is 0 Å². The molecule has 8 heteroatoms. The van der Waals surface area contributed by atoms with E-state index in [2.05, 4.69) is 34.3 Å². The number of hydrogen-bond acceptors (Lipinski definition) is 6. The van der Waals surface area contributed by atoms with Gasteiger partial charge < -0.3 is 20.1 Å². The first-order valence-corrected chi connectivity index (χ1v) is 12.3. The maximum atomic E-state index is 12.5. The Bertz CT molecular complexity index is 820. The third-order valence-corrected chi connectivity index (χ3v) is 6.71. The zero-order chi connectivity index (χ0) is 25.3. The molecule has 2 aliphatic heterocycles. The van der Waals surface area contributed by atoms with Crippen molar-refractivity contribution in [1.29, 1.82) is 0 Å². The van der Waals surface area contributed by atoms with Crippen molar-refractivity contribution < 1.29 is 19.1 Å². The molecular formula is C26H42N4O4. The van der Waals surface area contributed by atoms with E-state index in [1.54, 1.807) is 0 Å². The lowest BCUT2D eigenvalue weighted by atomic mass is 9.87. The molecule has 2 N–H and O–H groups in total. The van der Waals surface area contributed by atoms with E-state index < -0.39 is 23.3 Å². The lowest BCUT2D eigenvalue weighted by molar-refractivity contribution is 0.0893. The monoisotopic (exact) mass is 474 g/mol. The fourth-order valence-corrected chi connectivity index (χ4v) is 4.20. The number of nitrogens with one attached hydrogen (secondary N) is 2. The van der Waals surface area contributed by atoms with Gasteiger partial charge in [0.15, 0.2) is 0 Å². The third-order valence-electron chi connectivity index (χ3n) is 6.71. The number of rotatable bonds is 10. The van der Waals surface area contributed by atoms with Crippen LogP contribution in [0.25, 0.3) is 0 Å². The number of ether oxygens (including phenoxy) is 2. The Balaban J connectivity index is 1.56. The molecular weight excluding hydrogens is 432 g/mol. The molecule has 3 rings (SSSR count). The highest BCUT2D eigenvalue weighted by Crippen LogP contribution is 2.27. The summed E-state index contributed by atoms with van der Waals surface area (Å²) in [7, 11) is 0. The van der Waals surface area contributed by atoms with Crippen LogP contribution in [0.15, 0.2) is 24.3 Å². The SMILES string of the molecule is CC(CN1CC1C)OC(=O)NC(C)(C)c1cccc(C(C)(C)NC(=O)OC(C)CN2CC2C)c1. The molecule has 0 bridgehead atoms. The minimum Gasteiger partial charge on any atom is -0.445 e. The van der Waals surface area contributed by atoms with Gasteiger partial charge in [-0.15, -0.1) is 0 Å². The molecule has 34 heavy (non-hydrogen) atoms. The minimum absolute atomic E-state index is 0.177. The maximum absolute atomic E-state index is 12.5. The lowest BCUT2D eigenvalue weighted by Crippen LogP contribution is -2.44. The van der Waals surface area contributed by atoms with Crippen molar-refractivity contribution in [2.75, 3.05) is 26.2 Å². The van der Waals surface area contributed by atoms with Gasteiger partial charge >= 0.3 is 12.2 Å². The summed E-state index contributed by atoms with van der Waals surface area (Å²) in [6.07, 6.45) is -1.23. The van der Waals surface area contributed by atoms with Crippen LogP contribution in [0.3, 0.4) is 0 Å². The summed E-state index contributed by atoms with van der Waals surface area (Å²) in [5.41, 5.74) is 0.531. The fourth-order valence-electron chi connectivity index (χ4n) is 4.20. The van der Waals surface area contributed by atoms with E-state index >= 15 is 0 Å². The van der Waals surface area contributed by atoms with Crippen molar-refractivity contribution in [3.05, 3.63) is 35.4 Å². The van der Waals surface area contributed by atoms with Crippen LogP contribution in [-0.2, 0) is 20.6 Å². The summed E-state index contributed by atoms with van der Waals surface area (Å²) in [6, 6.07) is 9.01. The number of carbonyl (C=O) groups is 2. The molecule has 1 aromatic rings. The second-order valence-corrected chi connectivity index (χ2v) is 11.1. The van der Waals surface area contributed by atoms with Crippen molar-refractivity contribution in [2.45, 2.75) is 90.8 Å². The van der Waals surface area contributed by atoms with Gasteiger partial charge in [0.2, 0.25) is 0 Å². The van der Waals surface area contributed by atoms with E-state index in [1.165, 1.54) is 0 Å². The average molecular weight is 475 g/mol. The highest BCUT2D eigenvalue weighted by molar-refractivity contribution is 5.69. The van der Waals surface area contributed by atoms with Gasteiger partial charge in [-0.3, -0.25) is 9.80 Å². The van der Waals surface area contributed by atoms with Crippen LogP contribution >= 0.6 is 0 Å². The molecule has 0 aromatic heterocycles. The fraction of sp³-hybridized carbons (Fsp3) is 0.692. The van der Waals surface area contributed by atoms with Crippen LogP contribution in [0.4, 0.5) is 9.59 Å². The number of alkyl carbamates (subject to hydrolysis) is 2. The number of hydrogen-bond donors (Lipinski definition) is 2. The van der Waals surface area contributed by atoms with Gasteiger partial charge in [0.1, 0.15) is 12.2 Å². The molecule has 2 fully saturated rings. The van der Waals surface area contributed by atoms with Gasteiger partial charge in [-0.05, 0) is 66.5 Å². The van der Waals surface area contributed by atoms with Crippen molar-refractivity contribution in [1.82, 2.24) is 20.4 Å². The Labute approximate surface area is 204 Å². The van der Waals surface area contributed by atoms with Crippen molar-refractivity contribution in [3.8, 4) is 0 Å². The zero-order valence-electron chi connectivity index (χ0n) is 22.0. The van der Waals surface area contributed by atoms with Gasteiger partial charge in [-0.25, -0.2) is 9.59 Å². The van der Waals surface area contributed by atoms with Crippen molar-refractivity contribution >= 4 is 12.2 Å². The van der Waals surface area contributed by atoms with Crippen LogP contribution in [0, 0.1) is 0 Å². The Morgan fingerprint density at radius 2 is 1.24 bits per heavy atom. The molecule has 6 unspecified atom stereocenters. The summed E-state index contributed by atoms with van der Waals surface area (Å²) in [6.45, 7) is 19.5. The average Bonchev–Trinajstić information content (AvgIpc) is 3.59. The summed E-state index contributed by atoms with van der Waals surface area (Å²) >= 11 is 0. The topological polar surface area (TPSA) is 82.7 Å². The van der Waals surface area contributed by atoms with Crippen LogP contribution in [0.2, 0.25) is 0 Å². The second-order valence-electron chi connectivity index (χ2n) is 11.1. The van der Waals surface area contributed by atoms with Crippen LogP contribution in [0.1, 0.15) is 66.5 Å². The van der Waals surface area contributed by atoms with E-state index in [0.717, 1.165) is 37.3 Å². The van der Waals surface area contributed by atoms with E-state index in [-0.39, 0.29) is 12.2 Å². The second kappa shape index (κ2) is 10.1. The van der Waals surface area contributed by atoms with Crippen LogP contribution in [-0.4, -0.2) is 72.5 Å². The molecule has 0 aliphatic carbocycles. The number of amides is 2.